The van der Waals surface area contributed by atoms with E-state index in [-0.39, 0.29) is 19.0 Å². The number of unbranched alkanes of at least 4 members (excludes halogenated alkanes) is 17. The second-order valence-corrected chi connectivity index (χ2v) is 7.43. The van der Waals surface area contributed by atoms with Gasteiger partial charge in [0.15, 0.2) is 6.54 Å². The molecule has 3 N–H and O–H groups in total. The van der Waals surface area contributed by atoms with Crippen molar-refractivity contribution in [3.05, 3.63) is 0 Å². The molecule has 0 fully saturated rings. The minimum absolute atomic E-state index is 0. The Kier molecular flexibility index (Phi) is 22.4. The summed E-state index contributed by atoms with van der Waals surface area (Å²) in [5.74, 6) is 0. The summed E-state index contributed by atoms with van der Waals surface area (Å²) in [6.45, 7) is 2.27. The van der Waals surface area contributed by atoms with E-state index in [1.807, 2.05) is 0 Å². The van der Waals surface area contributed by atoms with Crippen LogP contribution in [0, 0.1) is 0 Å². The van der Waals surface area contributed by atoms with E-state index in [9.17, 15) is 0 Å². The highest BCUT2D eigenvalue weighted by Gasteiger charge is 2.16. The third-order valence-electron chi connectivity index (χ3n) is 4.81. The van der Waals surface area contributed by atoms with Gasteiger partial charge in [-0.15, -0.1) is 15.6 Å². The standard InChI is InChI=1S/C20H44NO3.ClH/c1-2-3-4-5-6-7-8-9-10-11-12-13-14-15-16-17-18-19-20-21(22,23)24;/h22-24H,2-20H2,1H3;1H/q+1;/p-1. The molecule has 0 saturated heterocycles. The van der Waals surface area contributed by atoms with Crippen molar-refractivity contribution in [2.75, 3.05) is 6.54 Å². The largest absolute Gasteiger partial charge is 1.00 e. The smallest absolute Gasteiger partial charge is 0.177 e. The van der Waals surface area contributed by atoms with E-state index in [1.165, 1.54) is 96.3 Å². The van der Waals surface area contributed by atoms with Crippen molar-refractivity contribution in [3.63, 3.8) is 0 Å². The Morgan fingerprint density at radius 3 is 0.920 bits per heavy atom. The van der Waals surface area contributed by atoms with Crippen LogP contribution in [0.3, 0.4) is 0 Å². The lowest BCUT2D eigenvalue weighted by Gasteiger charge is -2.10. The van der Waals surface area contributed by atoms with Gasteiger partial charge in [0.25, 0.3) is 0 Å². The summed E-state index contributed by atoms with van der Waals surface area (Å²) >= 11 is 0. The highest BCUT2D eigenvalue weighted by Crippen LogP contribution is 2.14. The maximum Gasteiger partial charge on any atom is 0.177 e. The quantitative estimate of drug-likeness (QED) is 0.180. The van der Waals surface area contributed by atoms with Crippen LogP contribution in [-0.4, -0.2) is 27.1 Å². The Bertz CT molecular complexity index is 248. The lowest BCUT2D eigenvalue weighted by Crippen LogP contribution is -3.00. The molecule has 0 aliphatic heterocycles. The molecule has 0 unspecified atom stereocenters. The van der Waals surface area contributed by atoms with Crippen molar-refractivity contribution in [2.24, 2.45) is 0 Å². The van der Waals surface area contributed by atoms with Crippen LogP contribution in [0.4, 0.5) is 0 Å². The Hall–Kier alpha value is 0.130. The van der Waals surface area contributed by atoms with Crippen LogP contribution in [0.1, 0.15) is 122 Å². The van der Waals surface area contributed by atoms with Gasteiger partial charge in [-0.3, -0.25) is 0 Å². The summed E-state index contributed by atoms with van der Waals surface area (Å²) in [6.07, 6.45) is 23.5. The van der Waals surface area contributed by atoms with Gasteiger partial charge in [-0.25, -0.2) is 0 Å². The molecule has 0 heterocycles. The number of halogens is 1. The van der Waals surface area contributed by atoms with Crippen LogP contribution in [-0.2, 0) is 0 Å². The van der Waals surface area contributed by atoms with Crippen molar-refractivity contribution in [2.45, 2.75) is 122 Å². The average Bonchev–Trinajstić information content (AvgIpc) is 2.52. The number of quaternary nitrogens is 1. The molecule has 25 heavy (non-hydrogen) atoms. The number of nitrogens with zero attached hydrogens (tertiary/aromatic N) is 1. The Labute approximate surface area is 162 Å². The highest BCUT2D eigenvalue weighted by molar-refractivity contribution is 4.50. The second kappa shape index (κ2) is 20.4. The van der Waals surface area contributed by atoms with Gasteiger partial charge >= 0.3 is 0 Å². The molecular formula is C20H44ClNO3. The van der Waals surface area contributed by atoms with Crippen molar-refractivity contribution >= 4 is 0 Å². The first-order valence-corrected chi connectivity index (χ1v) is 10.6. The normalized spacial score (nSPS) is 11.5. The number of hydrogen-bond acceptors (Lipinski definition) is 3. The SMILES string of the molecule is CCCCCCCCCCCCCCCCCCCC[N+](O)(O)O.[Cl-]. The first-order chi connectivity index (χ1) is 11.6. The summed E-state index contributed by atoms with van der Waals surface area (Å²) in [7, 11) is 0. The van der Waals surface area contributed by atoms with E-state index in [2.05, 4.69) is 6.92 Å². The van der Waals surface area contributed by atoms with E-state index in [1.54, 1.807) is 0 Å². The van der Waals surface area contributed by atoms with Gasteiger partial charge in [0.2, 0.25) is 0 Å². The van der Waals surface area contributed by atoms with E-state index in [0.717, 1.165) is 12.8 Å². The van der Waals surface area contributed by atoms with Crippen molar-refractivity contribution < 1.29 is 33.0 Å². The third-order valence-corrected chi connectivity index (χ3v) is 4.81. The molecule has 0 aliphatic rings. The summed E-state index contributed by atoms with van der Waals surface area (Å²) in [6, 6.07) is 0. The summed E-state index contributed by atoms with van der Waals surface area (Å²) in [5.41, 5.74) is 0. The fraction of sp³-hybridized carbons (Fsp3) is 1.00. The highest BCUT2D eigenvalue weighted by atomic mass is 35.5. The van der Waals surface area contributed by atoms with Gasteiger partial charge in [-0.2, -0.15) is 0 Å². The van der Waals surface area contributed by atoms with Gasteiger partial charge in [-0.1, -0.05) is 110 Å². The van der Waals surface area contributed by atoms with Crippen LogP contribution < -0.4 is 12.4 Å². The minimum atomic E-state index is -1.88. The molecule has 0 amide bonds. The van der Waals surface area contributed by atoms with Crippen molar-refractivity contribution in [1.82, 2.24) is 0 Å². The zero-order chi connectivity index (χ0) is 17.9. The third kappa shape index (κ3) is 26.5. The van der Waals surface area contributed by atoms with Crippen LogP contribution in [0.2, 0.25) is 0 Å². The fourth-order valence-electron chi connectivity index (χ4n) is 3.23. The molecule has 0 bridgehead atoms. The maximum absolute atomic E-state index is 8.70. The summed E-state index contributed by atoms with van der Waals surface area (Å²) < 4.78 is 0. The van der Waals surface area contributed by atoms with E-state index in [4.69, 9.17) is 15.6 Å². The lowest BCUT2D eigenvalue weighted by molar-refractivity contribution is -1.37. The van der Waals surface area contributed by atoms with Crippen LogP contribution in [0.25, 0.3) is 0 Å². The van der Waals surface area contributed by atoms with Crippen LogP contribution in [0.15, 0.2) is 0 Å². The minimum Gasteiger partial charge on any atom is -1.00 e. The van der Waals surface area contributed by atoms with Gasteiger partial charge < -0.3 is 12.4 Å². The van der Waals surface area contributed by atoms with Gasteiger partial charge in [0.05, 0.1) is 4.97 Å². The zero-order valence-electron chi connectivity index (χ0n) is 16.6. The molecule has 0 aromatic carbocycles. The molecular weight excluding hydrogens is 338 g/mol. The first-order valence-electron chi connectivity index (χ1n) is 10.6. The molecule has 4 nitrogen and oxygen atoms in total. The van der Waals surface area contributed by atoms with Crippen molar-refractivity contribution in [3.8, 4) is 0 Å². The predicted octanol–water partition coefficient (Wildman–Crippen LogP) is 4.02. The Morgan fingerprint density at radius 1 is 0.440 bits per heavy atom. The van der Waals surface area contributed by atoms with Crippen LogP contribution in [0.5, 0.6) is 0 Å². The molecule has 154 valence electrons. The second-order valence-electron chi connectivity index (χ2n) is 7.43. The fourth-order valence-corrected chi connectivity index (χ4v) is 3.23. The predicted molar refractivity (Wildman–Crippen MR) is 99.3 cm³/mol. The lowest BCUT2D eigenvalue weighted by atomic mass is 10.0. The average molecular weight is 382 g/mol. The molecule has 0 aliphatic carbocycles. The molecule has 0 spiro atoms. The summed E-state index contributed by atoms with van der Waals surface area (Å²) in [5, 5.41) is 26.1. The van der Waals surface area contributed by atoms with E-state index >= 15 is 0 Å². The van der Waals surface area contributed by atoms with Crippen LogP contribution >= 0.6 is 0 Å². The Morgan fingerprint density at radius 2 is 0.680 bits per heavy atom. The maximum atomic E-state index is 8.70. The monoisotopic (exact) mass is 381 g/mol. The topological polar surface area (TPSA) is 60.7 Å². The molecule has 0 atom stereocenters. The molecule has 0 aromatic heterocycles. The van der Waals surface area contributed by atoms with Gasteiger partial charge in [0, 0.05) is 6.42 Å². The Balaban J connectivity index is 0. The summed E-state index contributed by atoms with van der Waals surface area (Å²) in [4.78, 5) is -1.88. The van der Waals surface area contributed by atoms with E-state index < -0.39 is 4.97 Å². The number of rotatable bonds is 19. The van der Waals surface area contributed by atoms with Gasteiger partial charge in [0.1, 0.15) is 0 Å². The van der Waals surface area contributed by atoms with E-state index in [0.29, 0.717) is 6.42 Å². The molecule has 5 heteroatoms. The van der Waals surface area contributed by atoms with Crippen molar-refractivity contribution in [1.29, 1.82) is 0 Å². The molecule has 0 saturated carbocycles. The molecule has 0 radical (unpaired) electrons. The number of hydroxylamine groups is 3. The molecule has 0 aromatic rings. The first kappa shape index (κ1) is 27.3. The van der Waals surface area contributed by atoms with Gasteiger partial charge in [-0.05, 0) is 6.42 Å². The molecule has 0 rings (SSSR count). The number of hydrogen-bond donors (Lipinski definition) is 3. The zero-order valence-corrected chi connectivity index (χ0v) is 17.4.